The van der Waals surface area contributed by atoms with Crippen LogP contribution < -0.4 is 4.74 Å². The van der Waals surface area contributed by atoms with E-state index in [1.54, 1.807) is 12.1 Å². The summed E-state index contributed by atoms with van der Waals surface area (Å²) < 4.78 is 6.00. The molecule has 0 atom stereocenters. The highest BCUT2D eigenvalue weighted by Crippen LogP contribution is 2.21. The summed E-state index contributed by atoms with van der Waals surface area (Å²) in [6.07, 6.45) is 1.49. The Hall–Kier alpha value is -2.02. The smallest absolute Gasteiger partial charge is 0.367 e. The van der Waals surface area contributed by atoms with E-state index in [0.717, 1.165) is 0 Å². The molecule has 0 aliphatic carbocycles. The van der Waals surface area contributed by atoms with E-state index in [9.17, 15) is 10.1 Å². The van der Waals surface area contributed by atoms with E-state index in [4.69, 9.17) is 4.74 Å². The normalized spacial score (nSPS) is 9.94. The number of pyridine rings is 2. The van der Waals surface area contributed by atoms with Gasteiger partial charge in [0.15, 0.2) is 0 Å². The molecule has 0 unspecified atom stereocenters. The lowest BCUT2D eigenvalue weighted by Crippen LogP contribution is -1.94. The molecule has 0 N–H and O–H groups in total. The van der Waals surface area contributed by atoms with Crippen LogP contribution in [-0.4, -0.2) is 14.9 Å². The minimum atomic E-state index is -0.577. The second kappa shape index (κ2) is 4.88. The van der Waals surface area contributed by atoms with E-state index in [2.05, 4.69) is 25.9 Å². The summed E-state index contributed by atoms with van der Waals surface area (Å²) in [7, 11) is 0. The molecule has 0 saturated carbocycles. The van der Waals surface area contributed by atoms with Crippen LogP contribution in [0.2, 0.25) is 0 Å². The number of aromatic nitrogens is 2. The molecular weight excluding hydrogens is 290 g/mol. The fourth-order valence-electron chi connectivity index (χ4n) is 1.11. The van der Waals surface area contributed by atoms with Crippen molar-refractivity contribution in [3.05, 3.63) is 51.2 Å². The molecule has 6 nitrogen and oxygen atoms in total. The molecule has 0 bridgehead atoms. The van der Waals surface area contributed by atoms with Gasteiger partial charge in [0.05, 0.1) is 6.20 Å². The predicted molar refractivity (Wildman–Crippen MR) is 62.9 cm³/mol. The van der Waals surface area contributed by atoms with Crippen molar-refractivity contribution < 1.29 is 9.66 Å². The van der Waals surface area contributed by atoms with Crippen molar-refractivity contribution in [2.75, 3.05) is 0 Å². The molecule has 2 heterocycles. The molecule has 0 spiro atoms. The van der Waals surface area contributed by atoms with Crippen LogP contribution in [0.3, 0.4) is 0 Å². The van der Waals surface area contributed by atoms with Crippen LogP contribution in [0.1, 0.15) is 0 Å². The number of ether oxygens (including phenoxy) is 1. The van der Waals surface area contributed by atoms with Crippen molar-refractivity contribution in [2.24, 2.45) is 0 Å². The summed E-state index contributed by atoms with van der Waals surface area (Å²) in [6, 6.07) is 7.72. The Morgan fingerprint density at radius 3 is 2.76 bits per heavy atom. The van der Waals surface area contributed by atoms with Gasteiger partial charge in [-0.05, 0) is 39.1 Å². The van der Waals surface area contributed by atoms with Gasteiger partial charge in [-0.15, -0.1) is 0 Å². The van der Waals surface area contributed by atoms with E-state index in [-0.39, 0.29) is 11.7 Å². The Kier molecular flexibility index (Phi) is 3.29. The first-order chi connectivity index (χ1) is 8.15. The lowest BCUT2D eigenvalue weighted by Gasteiger charge is -2.00. The summed E-state index contributed by atoms with van der Waals surface area (Å²) in [6.45, 7) is 0. The average Bonchev–Trinajstić information content (AvgIpc) is 2.32. The van der Waals surface area contributed by atoms with Gasteiger partial charge in [0.2, 0.25) is 0 Å². The second-order valence-electron chi connectivity index (χ2n) is 3.01. The number of hydrogen-bond donors (Lipinski definition) is 0. The fraction of sp³-hybridized carbons (Fsp3) is 0. The number of nitrogens with zero attached hydrogens (tertiary/aromatic N) is 3. The topological polar surface area (TPSA) is 78.2 Å². The Labute approximate surface area is 105 Å². The van der Waals surface area contributed by atoms with Crippen molar-refractivity contribution in [1.29, 1.82) is 0 Å². The van der Waals surface area contributed by atoms with Gasteiger partial charge in [-0.3, -0.25) is 0 Å². The molecule has 7 heteroatoms. The minimum absolute atomic E-state index is 0.156. The lowest BCUT2D eigenvalue weighted by atomic mass is 10.4. The van der Waals surface area contributed by atoms with Crippen LogP contribution in [0.4, 0.5) is 5.82 Å². The van der Waals surface area contributed by atoms with Crippen molar-refractivity contribution in [2.45, 2.75) is 0 Å². The summed E-state index contributed by atoms with van der Waals surface area (Å²) in [5.74, 6) is 0.358. The lowest BCUT2D eigenvalue weighted by molar-refractivity contribution is -0.389. The molecular formula is C10H6BrN3O3. The van der Waals surface area contributed by atoms with Crippen LogP contribution >= 0.6 is 15.9 Å². The van der Waals surface area contributed by atoms with Gasteiger partial charge in [0, 0.05) is 17.1 Å². The molecule has 0 radical (unpaired) electrons. The third-order valence-corrected chi connectivity index (χ3v) is 2.29. The van der Waals surface area contributed by atoms with Crippen LogP contribution in [0, 0.1) is 10.1 Å². The van der Waals surface area contributed by atoms with Gasteiger partial charge in [0.1, 0.15) is 10.4 Å². The zero-order valence-electron chi connectivity index (χ0n) is 8.41. The van der Waals surface area contributed by atoms with E-state index in [1.807, 2.05) is 0 Å². The van der Waals surface area contributed by atoms with E-state index >= 15 is 0 Å². The van der Waals surface area contributed by atoms with Crippen molar-refractivity contribution >= 4 is 21.7 Å². The van der Waals surface area contributed by atoms with Crippen molar-refractivity contribution in [1.82, 2.24) is 9.97 Å². The number of halogens is 1. The second-order valence-corrected chi connectivity index (χ2v) is 3.82. The maximum Gasteiger partial charge on any atom is 0.367 e. The first-order valence-corrected chi connectivity index (χ1v) is 5.35. The number of rotatable bonds is 3. The summed E-state index contributed by atoms with van der Waals surface area (Å²) in [5, 5.41) is 10.5. The molecule has 0 fully saturated rings. The molecule has 0 aromatic carbocycles. The third-order valence-electron chi connectivity index (χ3n) is 1.82. The van der Waals surface area contributed by atoms with Crippen LogP contribution in [0.15, 0.2) is 41.1 Å². The van der Waals surface area contributed by atoms with Gasteiger partial charge in [-0.2, -0.15) is 0 Å². The van der Waals surface area contributed by atoms with Gasteiger partial charge < -0.3 is 14.9 Å². The van der Waals surface area contributed by atoms with Gasteiger partial charge in [-0.1, -0.05) is 0 Å². The molecule has 0 aliphatic rings. The van der Waals surface area contributed by atoms with Crippen molar-refractivity contribution in [3.8, 4) is 11.6 Å². The first kappa shape index (κ1) is 11.5. The highest BCUT2D eigenvalue weighted by Gasteiger charge is 2.10. The summed E-state index contributed by atoms with van der Waals surface area (Å²) in [5.41, 5.74) is 0. The summed E-state index contributed by atoms with van der Waals surface area (Å²) in [4.78, 5) is 17.6. The van der Waals surface area contributed by atoms with Gasteiger partial charge >= 0.3 is 11.7 Å². The maximum atomic E-state index is 10.5. The molecule has 2 aromatic rings. The molecule has 0 amide bonds. The molecule has 86 valence electrons. The monoisotopic (exact) mass is 295 g/mol. The van der Waals surface area contributed by atoms with E-state index in [0.29, 0.717) is 10.4 Å². The van der Waals surface area contributed by atoms with Crippen molar-refractivity contribution in [3.63, 3.8) is 0 Å². The third kappa shape index (κ3) is 2.97. The minimum Gasteiger partial charge on any atom is -0.419 e. The summed E-state index contributed by atoms with van der Waals surface area (Å²) >= 11 is 3.19. The molecule has 2 rings (SSSR count). The Balaban J connectivity index is 2.21. The first-order valence-electron chi connectivity index (χ1n) is 4.56. The van der Waals surface area contributed by atoms with Gasteiger partial charge in [0.25, 0.3) is 0 Å². The molecule has 0 aliphatic heterocycles. The number of hydrogen-bond acceptors (Lipinski definition) is 5. The Bertz CT molecular complexity index is 545. The zero-order chi connectivity index (χ0) is 12.3. The van der Waals surface area contributed by atoms with E-state index in [1.165, 1.54) is 24.4 Å². The standard InChI is InChI=1S/C10H6BrN3O3/c11-8-5-4-7(6-12-8)17-10-3-1-2-9(13-10)14(15)16/h1-6H. The Morgan fingerprint density at radius 2 is 2.12 bits per heavy atom. The van der Waals surface area contributed by atoms with Gasteiger partial charge in [-0.25, -0.2) is 4.98 Å². The fourth-order valence-corrected chi connectivity index (χ4v) is 1.34. The maximum absolute atomic E-state index is 10.5. The number of nitro groups is 1. The highest BCUT2D eigenvalue weighted by molar-refractivity contribution is 9.10. The zero-order valence-corrected chi connectivity index (χ0v) is 9.99. The average molecular weight is 296 g/mol. The SMILES string of the molecule is O=[N+]([O-])c1cccc(Oc2ccc(Br)nc2)n1. The largest absolute Gasteiger partial charge is 0.419 e. The highest BCUT2D eigenvalue weighted by atomic mass is 79.9. The van der Waals surface area contributed by atoms with Crippen LogP contribution in [0.25, 0.3) is 0 Å². The molecule has 0 saturated heterocycles. The molecule has 2 aromatic heterocycles. The Morgan fingerprint density at radius 1 is 1.29 bits per heavy atom. The molecule has 17 heavy (non-hydrogen) atoms. The van der Waals surface area contributed by atoms with Crippen LogP contribution in [0.5, 0.6) is 11.6 Å². The predicted octanol–water partition coefficient (Wildman–Crippen LogP) is 2.94. The quantitative estimate of drug-likeness (QED) is 0.494. The van der Waals surface area contributed by atoms with E-state index < -0.39 is 4.92 Å². The van der Waals surface area contributed by atoms with Crippen LogP contribution in [-0.2, 0) is 0 Å².